The van der Waals surface area contributed by atoms with Crippen LogP contribution in [-0.2, 0) is 7.05 Å². The fourth-order valence-corrected chi connectivity index (χ4v) is 11.3. The van der Waals surface area contributed by atoms with E-state index in [1.807, 2.05) is 64.1 Å². The molecule has 0 aliphatic heterocycles. The first-order valence-electron chi connectivity index (χ1n) is 27.2. The van der Waals surface area contributed by atoms with Crippen molar-refractivity contribution in [2.75, 3.05) is 5.32 Å². The lowest BCUT2D eigenvalue weighted by atomic mass is 9.97. The summed E-state index contributed by atoms with van der Waals surface area (Å²) in [6.07, 6.45) is 8.04. The van der Waals surface area contributed by atoms with Gasteiger partial charge in [-0.25, -0.2) is 0 Å². The summed E-state index contributed by atoms with van der Waals surface area (Å²) in [5, 5.41) is 13.4. The van der Waals surface area contributed by atoms with Crippen LogP contribution in [0.3, 0.4) is 0 Å². The highest BCUT2D eigenvalue weighted by Gasteiger charge is 2.19. The molecule has 1 atom stereocenters. The number of fused-ring (bicyclic) bond motifs is 13. The molecule has 0 amide bonds. The predicted octanol–water partition coefficient (Wildman–Crippen LogP) is 21.2. The summed E-state index contributed by atoms with van der Waals surface area (Å²) in [7, 11) is 2.13. The summed E-state index contributed by atoms with van der Waals surface area (Å²) in [5.41, 5.74) is 19.0. The quantitative estimate of drug-likeness (QED) is 0.181. The van der Waals surface area contributed by atoms with Gasteiger partial charge < -0.3 is 23.3 Å². The molecular formula is C72H61N3O2. The number of rotatable bonds is 6. The van der Waals surface area contributed by atoms with Crippen molar-refractivity contribution in [2.24, 2.45) is 13.0 Å². The Bertz CT molecular complexity index is 4500. The van der Waals surface area contributed by atoms with Crippen LogP contribution in [0.15, 0.2) is 245 Å². The van der Waals surface area contributed by atoms with Gasteiger partial charge in [0.25, 0.3) is 0 Å². The molecule has 5 heteroatoms. The minimum Gasteiger partial charge on any atom is -0.456 e. The van der Waals surface area contributed by atoms with E-state index in [2.05, 4.69) is 229 Å². The number of anilines is 2. The molecule has 0 fully saturated rings. The second-order valence-electron chi connectivity index (χ2n) is 19.4. The van der Waals surface area contributed by atoms with Gasteiger partial charge in [0.05, 0.1) is 21.9 Å². The maximum atomic E-state index is 6.60. The molecule has 0 radical (unpaired) electrons. The van der Waals surface area contributed by atoms with Crippen LogP contribution in [0.5, 0.6) is 0 Å². The maximum Gasteiger partial charge on any atom is 0.145 e. The van der Waals surface area contributed by atoms with Crippen molar-refractivity contribution >= 4 is 105 Å². The first-order valence-corrected chi connectivity index (χ1v) is 27.2. The molecule has 0 spiro atoms. The summed E-state index contributed by atoms with van der Waals surface area (Å²) < 4.78 is 16.9. The largest absolute Gasteiger partial charge is 0.456 e. The van der Waals surface area contributed by atoms with Crippen LogP contribution < -0.4 is 5.32 Å². The zero-order valence-corrected chi connectivity index (χ0v) is 44.5. The van der Waals surface area contributed by atoms with Gasteiger partial charge in [-0.3, -0.25) is 0 Å². The average molecular weight is 1000 g/mol. The van der Waals surface area contributed by atoms with E-state index in [-0.39, 0.29) is 0 Å². The molecular weight excluding hydrogens is 939 g/mol. The average Bonchev–Trinajstić information content (AvgIpc) is 4.32. The molecule has 1 N–H and O–H groups in total. The lowest BCUT2D eigenvalue weighted by Crippen LogP contribution is -2.00. The number of nitrogens with zero attached hydrogens (tertiary/aromatic N) is 2. The van der Waals surface area contributed by atoms with Crippen LogP contribution in [0.25, 0.3) is 127 Å². The number of para-hydroxylation sites is 5. The summed E-state index contributed by atoms with van der Waals surface area (Å²) in [5.74, 6) is 0.570. The highest BCUT2D eigenvalue weighted by Crippen LogP contribution is 2.42. The Morgan fingerprint density at radius 2 is 1.00 bits per heavy atom. The Labute approximate surface area is 449 Å². The summed E-state index contributed by atoms with van der Waals surface area (Å²) in [6.45, 7) is 10.3. The van der Waals surface area contributed by atoms with E-state index in [9.17, 15) is 0 Å². The van der Waals surface area contributed by atoms with Crippen molar-refractivity contribution in [1.82, 2.24) is 9.13 Å². The van der Waals surface area contributed by atoms with Crippen LogP contribution in [0.4, 0.5) is 11.4 Å². The fourth-order valence-electron chi connectivity index (χ4n) is 11.3. The van der Waals surface area contributed by atoms with Crippen LogP contribution in [0, 0.1) is 5.92 Å². The molecule has 14 aromatic rings. The smallest absolute Gasteiger partial charge is 0.145 e. The van der Waals surface area contributed by atoms with E-state index < -0.39 is 0 Å². The number of hydrogen-bond acceptors (Lipinski definition) is 3. The van der Waals surface area contributed by atoms with Gasteiger partial charge in [0.15, 0.2) is 0 Å². The van der Waals surface area contributed by atoms with E-state index in [0.717, 1.165) is 67.6 Å². The molecule has 1 unspecified atom stereocenters. The van der Waals surface area contributed by atoms with E-state index in [4.69, 9.17) is 8.83 Å². The first kappa shape index (κ1) is 48.6. The SMILES string of the molecule is CC.CC.CC1C=CC(n2c3ccccc3c3cc(-c4cccc(-c5ccccc5Nc5cccc(-c6ccc7oc8c(ccc9c8c8ccccc8n9C)c7c6)c5)c4)ccc32)=CC1.c1ccc2c(c1)oc1ccccc12. The van der Waals surface area contributed by atoms with Crippen molar-refractivity contribution in [2.45, 2.75) is 41.0 Å². The second kappa shape index (κ2) is 20.8. The number of aryl methyl sites for hydroxylation is 1. The van der Waals surface area contributed by atoms with Crippen molar-refractivity contribution in [3.05, 3.63) is 237 Å². The highest BCUT2D eigenvalue weighted by atomic mass is 16.3. The Balaban J connectivity index is 0.000000300. The van der Waals surface area contributed by atoms with E-state index in [1.165, 1.54) is 76.8 Å². The number of furan rings is 2. The van der Waals surface area contributed by atoms with Crippen molar-refractivity contribution in [3.63, 3.8) is 0 Å². The minimum atomic E-state index is 0.570. The highest BCUT2D eigenvalue weighted by molar-refractivity contribution is 6.23. The number of hydrogen-bond donors (Lipinski definition) is 1. The monoisotopic (exact) mass is 999 g/mol. The normalized spacial score (nSPS) is 13.2. The van der Waals surface area contributed by atoms with Gasteiger partial charge in [-0.15, -0.1) is 0 Å². The first-order chi connectivity index (χ1) is 38.0. The number of nitrogens with one attached hydrogen (secondary N) is 1. The Hall–Kier alpha value is -9.32. The van der Waals surface area contributed by atoms with Crippen molar-refractivity contribution in [3.8, 4) is 33.4 Å². The molecule has 5 nitrogen and oxygen atoms in total. The third kappa shape index (κ3) is 8.74. The predicted molar refractivity (Wildman–Crippen MR) is 330 cm³/mol. The zero-order valence-electron chi connectivity index (χ0n) is 44.5. The third-order valence-electron chi connectivity index (χ3n) is 14.9. The maximum absolute atomic E-state index is 6.60. The molecule has 0 saturated heterocycles. The van der Waals surface area contributed by atoms with Crippen molar-refractivity contribution < 1.29 is 8.83 Å². The van der Waals surface area contributed by atoms with Gasteiger partial charge in [-0.1, -0.05) is 180 Å². The second-order valence-corrected chi connectivity index (χ2v) is 19.4. The standard InChI is InChI=1S/C56H41N3O.C12H8O.2C2H6/c1-35-21-25-42(26-22-35)59-51-20-8-4-16-44(51)47-33-38(23-28-52(47)59)36-11-9-13-40(31-36)43-15-3-6-18-49(43)57-41-14-10-12-37(32-41)39-24-30-54-48(34-39)45-27-29-53-55(56(45)60-54)46-17-5-7-19-50(46)58(53)2;1-3-7-11-9(5-1)10-6-2-4-8-12(10)13-11;2*1-2/h3-21,23-35,57H,22H2,1-2H3;1-8H;2*1-2H3. The van der Waals surface area contributed by atoms with E-state index in [1.54, 1.807) is 0 Å². The molecule has 1 aliphatic carbocycles. The Morgan fingerprint density at radius 3 is 1.75 bits per heavy atom. The molecule has 77 heavy (non-hydrogen) atoms. The molecule has 4 heterocycles. The Kier molecular flexibility index (Phi) is 13.1. The van der Waals surface area contributed by atoms with Crippen molar-refractivity contribution in [1.29, 1.82) is 0 Å². The summed E-state index contributed by atoms with van der Waals surface area (Å²) >= 11 is 0. The zero-order chi connectivity index (χ0) is 52.6. The molecule has 10 aromatic carbocycles. The van der Waals surface area contributed by atoms with Gasteiger partial charge in [0.2, 0.25) is 0 Å². The van der Waals surface area contributed by atoms with Crippen LogP contribution >= 0.6 is 0 Å². The van der Waals surface area contributed by atoms with Crippen LogP contribution in [-0.4, -0.2) is 9.13 Å². The molecule has 0 saturated carbocycles. The molecule has 4 aromatic heterocycles. The number of allylic oxidation sites excluding steroid dienone is 4. The van der Waals surface area contributed by atoms with Gasteiger partial charge in [-0.2, -0.15) is 0 Å². The minimum absolute atomic E-state index is 0.570. The van der Waals surface area contributed by atoms with Gasteiger partial charge in [0.1, 0.15) is 22.3 Å². The van der Waals surface area contributed by atoms with Crippen LogP contribution in [0.1, 0.15) is 41.0 Å². The molecule has 376 valence electrons. The van der Waals surface area contributed by atoms with Gasteiger partial charge in [0, 0.05) is 72.9 Å². The van der Waals surface area contributed by atoms with Gasteiger partial charge >= 0.3 is 0 Å². The van der Waals surface area contributed by atoms with Crippen LogP contribution in [0.2, 0.25) is 0 Å². The molecule has 0 bridgehead atoms. The lowest BCUT2D eigenvalue weighted by molar-refractivity contribution is 0.669. The molecule has 1 aliphatic rings. The third-order valence-corrected chi connectivity index (χ3v) is 14.9. The fraction of sp³-hybridized carbons (Fsp3) is 0.111. The van der Waals surface area contributed by atoms with Gasteiger partial charge in [-0.05, 0) is 131 Å². The topological polar surface area (TPSA) is 48.2 Å². The number of aromatic nitrogens is 2. The summed E-state index contributed by atoms with van der Waals surface area (Å²) in [4.78, 5) is 0. The Morgan fingerprint density at radius 1 is 0.429 bits per heavy atom. The van der Waals surface area contributed by atoms with E-state index in [0.29, 0.717) is 5.92 Å². The summed E-state index contributed by atoms with van der Waals surface area (Å²) in [6, 6.07) is 77.7. The number of benzene rings is 10. The molecule has 15 rings (SSSR count). The lowest BCUT2D eigenvalue weighted by Gasteiger charge is -2.15. The van der Waals surface area contributed by atoms with E-state index >= 15 is 0 Å².